The van der Waals surface area contributed by atoms with E-state index in [0.717, 1.165) is 25.7 Å². The van der Waals surface area contributed by atoms with Crippen molar-refractivity contribution in [2.24, 2.45) is 0 Å². The van der Waals surface area contributed by atoms with Crippen molar-refractivity contribution in [2.45, 2.75) is 44.0 Å². The Kier molecular flexibility index (Phi) is 4.10. The molecule has 4 heteroatoms. The third-order valence-corrected chi connectivity index (χ3v) is 3.11. The topological polar surface area (TPSA) is 50.1 Å². The Morgan fingerprint density at radius 1 is 1.54 bits per heavy atom. The van der Waals surface area contributed by atoms with Crippen LogP contribution in [-0.4, -0.2) is 17.3 Å². The quantitative estimate of drug-likeness (QED) is 0.504. The fourth-order valence-corrected chi connectivity index (χ4v) is 2.38. The molecule has 0 aromatic rings. The summed E-state index contributed by atoms with van der Waals surface area (Å²) in [6.45, 7) is 1.42. The van der Waals surface area contributed by atoms with Gasteiger partial charge >= 0.3 is 5.97 Å². The smallest absolute Gasteiger partial charge is 0.302 e. The van der Waals surface area contributed by atoms with E-state index in [2.05, 4.69) is 5.40 Å². The van der Waals surface area contributed by atoms with E-state index < -0.39 is 0 Å². The second-order valence-electron chi connectivity index (χ2n) is 3.18. The van der Waals surface area contributed by atoms with Crippen LogP contribution in [0.3, 0.4) is 0 Å². The number of hydrogen-bond acceptors (Lipinski definition) is 4. The van der Waals surface area contributed by atoms with Crippen molar-refractivity contribution in [3.8, 4) is 5.40 Å². The van der Waals surface area contributed by atoms with Crippen LogP contribution in [0.25, 0.3) is 0 Å². The van der Waals surface area contributed by atoms with Crippen LogP contribution < -0.4 is 0 Å². The predicted molar refractivity (Wildman–Crippen MR) is 51.0 cm³/mol. The molecule has 1 fully saturated rings. The standard InChI is InChI=1S/C9H13NO2S/c1-7(11)12-8-4-2-3-5-9(8)13-6-10/h8-9H,2-5H2,1H3/t8-,9-/m1/s1. The average Bonchev–Trinajstić information content (AvgIpc) is 2.08. The zero-order chi connectivity index (χ0) is 9.68. The minimum atomic E-state index is -0.240. The van der Waals surface area contributed by atoms with Gasteiger partial charge in [-0.15, -0.1) is 0 Å². The highest BCUT2D eigenvalue weighted by atomic mass is 32.2. The predicted octanol–water partition coefficient (Wildman–Crippen LogP) is 2.07. The Balaban J connectivity index is 2.47. The maximum atomic E-state index is 10.7. The van der Waals surface area contributed by atoms with E-state index in [9.17, 15) is 4.79 Å². The lowest BCUT2D eigenvalue weighted by Gasteiger charge is -2.28. The molecular weight excluding hydrogens is 186 g/mol. The van der Waals surface area contributed by atoms with Crippen molar-refractivity contribution in [3.05, 3.63) is 0 Å². The molecule has 3 nitrogen and oxygen atoms in total. The molecule has 0 spiro atoms. The first-order valence-electron chi connectivity index (χ1n) is 4.46. The molecular formula is C9H13NO2S. The molecule has 13 heavy (non-hydrogen) atoms. The molecule has 0 aliphatic heterocycles. The molecule has 0 radical (unpaired) electrons. The zero-order valence-electron chi connectivity index (χ0n) is 7.66. The van der Waals surface area contributed by atoms with Crippen molar-refractivity contribution < 1.29 is 9.53 Å². The summed E-state index contributed by atoms with van der Waals surface area (Å²) in [5.41, 5.74) is 0. The van der Waals surface area contributed by atoms with Crippen molar-refractivity contribution in [2.75, 3.05) is 0 Å². The summed E-state index contributed by atoms with van der Waals surface area (Å²) < 4.78 is 5.15. The van der Waals surface area contributed by atoms with Gasteiger partial charge in [0.1, 0.15) is 11.5 Å². The molecule has 0 saturated heterocycles. The molecule has 2 atom stereocenters. The van der Waals surface area contributed by atoms with Gasteiger partial charge in [-0.25, -0.2) is 0 Å². The van der Waals surface area contributed by atoms with Gasteiger partial charge in [-0.2, -0.15) is 5.26 Å². The Labute approximate surface area is 82.4 Å². The number of nitriles is 1. The van der Waals surface area contributed by atoms with Crippen LogP contribution in [0.2, 0.25) is 0 Å². The lowest BCUT2D eigenvalue weighted by molar-refractivity contribution is -0.147. The van der Waals surface area contributed by atoms with Gasteiger partial charge in [-0.1, -0.05) is 6.42 Å². The van der Waals surface area contributed by atoms with Gasteiger partial charge in [-0.05, 0) is 31.0 Å². The summed E-state index contributed by atoms with van der Waals surface area (Å²) in [5.74, 6) is -0.240. The number of thiocyanates is 1. The van der Waals surface area contributed by atoms with Crippen molar-refractivity contribution in [1.82, 2.24) is 0 Å². The summed E-state index contributed by atoms with van der Waals surface area (Å²) >= 11 is 1.23. The average molecular weight is 199 g/mol. The minimum absolute atomic E-state index is 0.0455. The van der Waals surface area contributed by atoms with Gasteiger partial charge in [-0.3, -0.25) is 4.79 Å². The molecule has 1 aliphatic rings. The summed E-state index contributed by atoms with van der Waals surface area (Å²) in [4.78, 5) is 10.7. The molecule has 1 saturated carbocycles. The third kappa shape index (κ3) is 3.27. The van der Waals surface area contributed by atoms with E-state index in [4.69, 9.17) is 10.00 Å². The number of carbonyl (C=O) groups is 1. The van der Waals surface area contributed by atoms with E-state index in [1.807, 2.05) is 0 Å². The maximum absolute atomic E-state index is 10.7. The second-order valence-corrected chi connectivity index (χ2v) is 4.20. The van der Waals surface area contributed by atoms with Gasteiger partial charge in [0.15, 0.2) is 0 Å². The molecule has 1 aliphatic carbocycles. The van der Waals surface area contributed by atoms with E-state index >= 15 is 0 Å². The van der Waals surface area contributed by atoms with Crippen LogP contribution in [-0.2, 0) is 9.53 Å². The number of esters is 1. The van der Waals surface area contributed by atoms with Crippen LogP contribution >= 0.6 is 11.8 Å². The van der Waals surface area contributed by atoms with Gasteiger partial charge < -0.3 is 4.74 Å². The number of carbonyl (C=O) groups excluding carboxylic acids is 1. The molecule has 0 N–H and O–H groups in total. The normalized spacial score (nSPS) is 27.7. The highest BCUT2D eigenvalue weighted by Crippen LogP contribution is 2.30. The van der Waals surface area contributed by atoms with Crippen molar-refractivity contribution in [1.29, 1.82) is 5.26 Å². The number of thioether (sulfide) groups is 1. The molecule has 0 unspecified atom stereocenters. The summed E-state index contributed by atoms with van der Waals surface area (Å²) in [6, 6.07) is 0. The largest absolute Gasteiger partial charge is 0.461 e. The van der Waals surface area contributed by atoms with Crippen molar-refractivity contribution in [3.63, 3.8) is 0 Å². The van der Waals surface area contributed by atoms with Crippen LogP contribution in [0.1, 0.15) is 32.6 Å². The molecule has 0 amide bonds. The number of ether oxygens (including phenoxy) is 1. The van der Waals surface area contributed by atoms with Crippen LogP contribution in [0.15, 0.2) is 0 Å². The minimum Gasteiger partial charge on any atom is -0.461 e. The van der Waals surface area contributed by atoms with E-state index in [-0.39, 0.29) is 17.3 Å². The first-order chi connectivity index (χ1) is 6.24. The van der Waals surface area contributed by atoms with Crippen LogP contribution in [0.4, 0.5) is 0 Å². The fourth-order valence-electron chi connectivity index (χ4n) is 1.61. The Morgan fingerprint density at radius 3 is 2.85 bits per heavy atom. The number of hydrogen-bond donors (Lipinski definition) is 0. The first-order valence-corrected chi connectivity index (χ1v) is 5.34. The van der Waals surface area contributed by atoms with Gasteiger partial charge in [0, 0.05) is 6.92 Å². The molecule has 0 bridgehead atoms. The SMILES string of the molecule is CC(=O)O[C@@H]1CCCC[C@H]1SC#N. The maximum Gasteiger partial charge on any atom is 0.302 e. The van der Waals surface area contributed by atoms with E-state index in [0.29, 0.717) is 0 Å². The Morgan fingerprint density at radius 2 is 2.23 bits per heavy atom. The highest BCUT2D eigenvalue weighted by Gasteiger charge is 2.27. The lowest BCUT2D eigenvalue weighted by Crippen LogP contribution is -2.31. The third-order valence-electron chi connectivity index (χ3n) is 2.16. The number of nitrogens with zero attached hydrogens (tertiary/aromatic N) is 1. The fraction of sp³-hybridized carbons (Fsp3) is 0.778. The Hall–Kier alpha value is -0.690. The van der Waals surface area contributed by atoms with Crippen LogP contribution in [0.5, 0.6) is 0 Å². The van der Waals surface area contributed by atoms with Crippen molar-refractivity contribution >= 4 is 17.7 Å². The van der Waals surface area contributed by atoms with Gasteiger partial charge in [0.05, 0.1) is 5.25 Å². The first kappa shape index (κ1) is 10.4. The van der Waals surface area contributed by atoms with Crippen LogP contribution in [0, 0.1) is 10.7 Å². The lowest BCUT2D eigenvalue weighted by atomic mass is 9.97. The monoisotopic (exact) mass is 199 g/mol. The molecule has 1 rings (SSSR count). The van der Waals surface area contributed by atoms with Gasteiger partial charge in [0.25, 0.3) is 0 Å². The van der Waals surface area contributed by atoms with E-state index in [1.54, 1.807) is 0 Å². The Bertz CT molecular complexity index is 224. The second kappa shape index (κ2) is 5.13. The number of rotatable bonds is 2. The highest BCUT2D eigenvalue weighted by molar-refractivity contribution is 8.04. The van der Waals surface area contributed by atoms with Gasteiger partial charge in [0.2, 0.25) is 0 Å². The molecule has 0 heterocycles. The zero-order valence-corrected chi connectivity index (χ0v) is 8.47. The molecule has 72 valence electrons. The molecule has 0 aromatic carbocycles. The summed E-state index contributed by atoms with van der Waals surface area (Å²) in [6.07, 6.45) is 4.07. The summed E-state index contributed by atoms with van der Waals surface area (Å²) in [5, 5.41) is 10.8. The summed E-state index contributed by atoms with van der Waals surface area (Å²) in [7, 11) is 0. The van der Waals surface area contributed by atoms with E-state index in [1.165, 1.54) is 18.7 Å². The molecule has 0 aromatic heterocycles.